The molecular weight excluding hydrogens is 531 g/mol. The van der Waals surface area contributed by atoms with Gasteiger partial charge >= 0.3 is 0 Å². The first-order chi connectivity index (χ1) is 19.9. The molecule has 0 fully saturated rings. The van der Waals surface area contributed by atoms with E-state index in [4.69, 9.17) is 0 Å². The molecule has 0 aliphatic heterocycles. The van der Waals surface area contributed by atoms with Gasteiger partial charge in [-0.05, 0) is 33.4 Å². The molecule has 0 amide bonds. The van der Waals surface area contributed by atoms with E-state index in [0.29, 0.717) is 33.4 Å². The van der Waals surface area contributed by atoms with Gasteiger partial charge in [0.25, 0.3) is 0 Å². The van der Waals surface area contributed by atoms with E-state index < -0.39 is 40.3 Å². The summed E-state index contributed by atoms with van der Waals surface area (Å²) in [6.45, 7) is 0. The monoisotopic (exact) mass is 552 g/mol. The second-order valence-corrected chi connectivity index (χ2v) is 9.62. The first-order valence-corrected chi connectivity index (χ1v) is 12.8. The molecule has 1 nitrogen and oxygen atoms in total. The summed E-state index contributed by atoms with van der Waals surface area (Å²) < 4.78 is 75.6. The van der Waals surface area contributed by atoms with E-state index >= 15 is 8.78 Å². The number of rotatable bonds is 5. The maximum absolute atomic E-state index is 15.8. The van der Waals surface area contributed by atoms with E-state index in [1.165, 1.54) is 0 Å². The van der Waals surface area contributed by atoms with Crippen molar-refractivity contribution in [2.24, 2.45) is 0 Å². The fourth-order valence-corrected chi connectivity index (χ4v) is 5.61. The van der Waals surface area contributed by atoms with Gasteiger partial charge in [-0.2, -0.15) is 0 Å². The van der Waals surface area contributed by atoms with Crippen LogP contribution in [0.15, 0.2) is 121 Å². The number of halogens is 5. The highest BCUT2D eigenvalue weighted by molar-refractivity contribution is 6.30. The Kier molecular flexibility index (Phi) is 6.64. The zero-order chi connectivity index (χ0) is 28.7. The van der Waals surface area contributed by atoms with Crippen molar-refractivity contribution >= 4 is 22.3 Å². The highest BCUT2D eigenvalue weighted by Gasteiger charge is 2.53. The Labute approximate surface area is 233 Å². The standard InChI is InChI=1S/C35H21F5O/c36-30-29(31(37)33(39)34(40)32(30)38)35(41)27(23-17-9-3-10-18-23)25(21-13-5-1-6-14-21)26(22-15-7-2-8-16-22)28(35)24-19-11-4-12-20-24/h1-20,41H. The molecule has 0 radical (unpaired) electrons. The molecule has 6 heteroatoms. The SMILES string of the molecule is OC1(c2c(F)c(F)c(F)c(F)c2F)C(c2ccccc2)=C(c2ccccc2)C(c2ccccc2)=C1c1ccccc1. The maximum Gasteiger partial charge on any atom is 0.200 e. The van der Waals surface area contributed by atoms with Crippen LogP contribution in [-0.4, -0.2) is 5.11 Å². The Morgan fingerprint density at radius 1 is 0.366 bits per heavy atom. The lowest BCUT2D eigenvalue weighted by molar-refractivity contribution is 0.152. The average molecular weight is 553 g/mol. The van der Waals surface area contributed by atoms with Crippen LogP contribution in [-0.2, 0) is 5.60 Å². The molecule has 0 atom stereocenters. The number of hydrogen-bond donors (Lipinski definition) is 1. The van der Waals surface area contributed by atoms with Gasteiger partial charge in [-0.3, -0.25) is 0 Å². The van der Waals surface area contributed by atoms with Gasteiger partial charge in [-0.1, -0.05) is 121 Å². The van der Waals surface area contributed by atoms with Gasteiger partial charge in [0.05, 0.1) is 5.56 Å². The minimum absolute atomic E-state index is 0.00906. The third-order valence-corrected chi connectivity index (χ3v) is 7.30. The van der Waals surface area contributed by atoms with Crippen LogP contribution in [0.25, 0.3) is 22.3 Å². The lowest BCUT2D eigenvalue weighted by atomic mass is 9.76. The quantitative estimate of drug-likeness (QED) is 0.131. The minimum atomic E-state index is -2.80. The minimum Gasteiger partial charge on any atom is -0.376 e. The molecule has 1 aliphatic carbocycles. The fraction of sp³-hybridized carbons (Fsp3) is 0.0286. The van der Waals surface area contributed by atoms with E-state index in [1.54, 1.807) is 121 Å². The summed E-state index contributed by atoms with van der Waals surface area (Å²) in [7, 11) is 0. The Morgan fingerprint density at radius 3 is 0.951 bits per heavy atom. The van der Waals surface area contributed by atoms with Gasteiger partial charge in [0.1, 0.15) is 5.60 Å². The van der Waals surface area contributed by atoms with Gasteiger partial charge in [0.2, 0.25) is 5.82 Å². The van der Waals surface area contributed by atoms with Crippen LogP contribution < -0.4 is 0 Å². The van der Waals surface area contributed by atoms with Crippen LogP contribution in [0, 0.1) is 29.1 Å². The molecule has 1 N–H and O–H groups in total. The number of aliphatic hydroxyl groups is 1. The van der Waals surface area contributed by atoms with Crippen LogP contribution in [0.2, 0.25) is 0 Å². The second kappa shape index (κ2) is 10.3. The molecule has 5 aromatic rings. The van der Waals surface area contributed by atoms with Crippen LogP contribution in [0.3, 0.4) is 0 Å². The van der Waals surface area contributed by atoms with Crippen molar-refractivity contribution < 1.29 is 27.1 Å². The normalized spacial score (nSPS) is 14.6. The smallest absolute Gasteiger partial charge is 0.200 e. The van der Waals surface area contributed by atoms with Crippen LogP contribution in [0.4, 0.5) is 22.0 Å². The van der Waals surface area contributed by atoms with E-state index in [0.717, 1.165) is 0 Å². The van der Waals surface area contributed by atoms with Gasteiger partial charge in [-0.25, -0.2) is 22.0 Å². The van der Waals surface area contributed by atoms with Crippen molar-refractivity contribution in [3.8, 4) is 0 Å². The average Bonchev–Trinajstić information content (AvgIpc) is 3.30. The Morgan fingerprint density at radius 2 is 0.634 bits per heavy atom. The molecule has 1 aliphatic rings. The summed E-state index contributed by atoms with van der Waals surface area (Å²) >= 11 is 0. The number of allylic oxidation sites excluding steroid dienone is 2. The van der Waals surface area contributed by atoms with Crippen molar-refractivity contribution in [1.82, 2.24) is 0 Å². The largest absolute Gasteiger partial charge is 0.376 e. The van der Waals surface area contributed by atoms with Crippen LogP contribution in [0.1, 0.15) is 27.8 Å². The molecular formula is C35H21F5O. The van der Waals surface area contributed by atoms with E-state index in [9.17, 15) is 18.3 Å². The predicted octanol–water partition coefficient (Wildman–Crippen LogP) is 8.81. The molecule has 5 aromatic carbocycles. The molecule has 41 heavy (non-hydrogen) atoms. The van der Waals surface area contributed by atoms with Gasteiger partial charge < -0.3 is 5.11 Å². The topological polar surface area (TPSA) is 20.2 Å². The molecule has 0 heterocycles. The summed E-state index contributed by atoms with van der Waals surface area (Å²) in [5.74, 6) is -10.8. The molecule has 0 aromatic heterocycles. The van der Waals surface area contributed by atoms with E-state index in [1.807, 2.05) is 0 Å². The third kappa shape index (κ3) is 4.10. The van der Waals surface area contributed by atoms with Crippen molar-refractivity contribution in [3.63, 3.8) is 0 Å². The molecule has 0 spiro atoms. The Balaban J connectivity index is 1.89. The van der Waals surface area contributed by atoms with Gasteiger partial charge in [-0.15, -0.1) is 0 Å². The molecule has 202 valence electrons. The highest BCUT2D eigenvalue weighted by atomic mass is 19.2. The van der Waals surface area contributed by atoms with Gasteiger partial charge in [0, 0.05) is 11.1 Å². The third-order valence-electron chi connectivity index (χ3n) is 7.30. The maximum atomic E-state index is 15.8. The van der Waals surface area contributed by atoms with Crippen LogP contribution in [0.5, 0.6) is 0 Å². The van der Waals surface area contributed by atoms with Crippen LogP contribution >= 0.6 is 0 Å². The Hall–Kier alpha value is -4.81. The summed E-state index contributed by atoms with van der Waals surface area (Å²) in [6.07, 6.45) is 0. The number of benzene rings is 5. The first kappa shape index (κ1) is 26.4. The van der Waals surface area contributed by atoms with E-state index in [-0.39, 0.29) is 11.1 Å². The molecule has 0 saturated heterocycles. The molecule has 0 bridgehead atoms. The first-order valence-electron chi connectivity index (χ1n) is 12.8. The predicted molar refractivity (Wildman–Crippen MR) is 150 cm³/mol. The van der Waals surface area contributed by atoms with E-state index in [2.05, 4.69) is 0 Å². The van der Waals surface area contributed by atoms with Crippen molar-refractivity contribution in [2.45, 2.75) is 5.60 Å². The summed E-state index contributed by atoms with van der Waals surface area (Å²) in [5.41, 5.74) is -1.52. The van der Waals surface area contributed by atoms with Crippen molar-refractivity contribution in [1.29, 1.82) is 0 Å². The lowest BCUT2D eigenvalue weighted by Gasteiger charge is -2.33. The summed E-state index contributed by atoms with van der Waals surface area (Å²) in [5, 5.41) is 12.9. The highest BCUT2D eigenvalue weighted by Crippen LogP contribution is 2.61. The summed E-state index contributed by atoms with van der Waals surface area (Å²) in [6, 6.07) is 34.4. The number of hydrogen-bond acceptors (Lipinski definition) is 1. The molecule has 0 saturated carbocycles. The summed E-state index contributed by atoms with van der Waals surface area (Å²) in [4.78, 5) is 0. The van der Waals surface area contributed by atoms with Gasteiger partial charge in [0.15, 0.2) is 23.3 Å². The van der Waals surface area contributed by atoms with Crippen molar-refractivity contribution in [3.05, 3.63) is 178 Å². The van der Waals surface area contributed by atoms with Crippen molar-refractivity contribution in [2.75, 3.05) is 0 Å². The zero-order valence-electron chi connectivity index (χ0n) is 21.4. The molecule has 6 rings (SSSR count). The molecule has 0 unspecified atom stereocenters. The second-order valence-electron chi connectivity index (χ2n) is 9.62. The lowest BCUT2D eigenvalue weighted by Crippen LogP contribution is -2.32. The Bertz CT molecular complexity index is 1690. The zero-order valence-corrected chi connectivity index (χ0v) is 21.4. The fourth-order valence-electron chi connectivity index (χ4n) is 5.61.